The minimum absolute atomic E-state index is 0.0282. The molecule has 1 aromatic heterocycles. The van der Waals surface area contributed by atoms with Gasteiger partial charge in [0.2, 0.25) is 0 Å². The van der Waals surface area contributed by atoms with Gasteiger partial charge in [-0.1, -0.05) is 42.2 Å². The van der Waals surface area contributed by atoms with Gasteiger partial charge < -0.3 is 4.57 Å². The average molecular weight is 328 g/mol. The van der Waals surface area contributed by atoms with E-state index in [1.165, 1.54) is 16.7 Å². The Kier molecular flexibility index (Phi) is 3.93. The van der Waals surface area contributed by atoms with Crippen molar-refractivity contribution in [1.82, 2.24) is 9.47 Å². The molecule has 112 valence electrons. The summed E-state index contributed by atoms with van der Waals surface area (Å²) in [6.45, 7) is 4.14. The molecule has 1 amide bonds. The van der Waals surface area contributed by atoms with Gasteiger partial charge in [0, 0.05) is 24.1 Å². The fourth-order valence-electron chi connectivity index (χ4n) is 2.59. The molecule has 1 aliphatic rings. The maximum Gasteiger partial charge on any atom is 0.265 e. The molecular weight excluding hydrogens is 312 g/mol. The second kappa shape index (κ2) is 5.74. The quantitative estimate of drug-likeness (QED) is 0.617. The van der Waals surface area contributed by atoms with Crippen LogP contribution < -0.4 is 0 Å². The SMILES string of the molecule is Cc1cc(/C=C2/SC(=S)N(C)C2=O)c(C)n1-c1ccccc1. The zero-order chi connectivity index (χ0) is 15.9. The number of hydrogen-bond donors (Lipinski definition) is 0. The molecular formula is C17H16N2OS2. The Balaban J connectivity index is 2.05. The lowest BCUT2D eigenvalue weighted by Gasteiger charge is -2.09. The summed E-state index contributed by atoms with van der Waals surface area (Å²) < 4.78 is 2.80. The summed E-state index contributed by atoms with van der Waals surface area (Å²) in [4.78, 5) is 14.3. The molecule has 0 radical (unpaired) electrons. The van der Waals surface area contributed by atoms with Crippen molar-refractivity contribution in [3.8, 4) is 5.69 Å². The minimum atomic E-state index is -0.0282. The normalized spacial score (nSPS) is 16.9. The maximum absolute atomic E-state index is 12.1. The van der Waals surface area contributed by atoms with Crippen LogP contribution in [-0.4, -0.2) is 26.7 Å². The number of rotatable bonds is 2. The van der Waals surface area contributed by atoms with E-state index in [0.717, 1.165) is 22.6 Å². The van der Waals surface area contributed by atoms with E-state index in [4.69, 9.17) is 12.2 Å². The van der Waals surface area contributed by atoms with Crippen molar-refractivity contribution in [1.29, 1.82) is 0 Å². The van der Waals surface area contributed by atoms with Gasteiger partial charge in [0.05, 0.1) is 4.91 Å². The Hall–Kier alpha value is -1.85. The topological polar surface area (TPSA) is 25.2 Å². The van der Waals surface area contributed by atoms with Gasteiger partial charge in [-0.3, -0.25) is 9.69 Å². The molecule has 1 aliphatic heterocycles. The molecule has 0 aliphatic carbocycles. The van der Waals surface area contributed by atoms with E-state index < -0.39 is 0 Å². The summed E-state index contributed by atoms with van der Waals surface area (Å²) in [6.07, 6.45) is 1.94. The molecule has 0 N–H and O–H groups in total. The van der Waals surface area contributed by atoms with E-state index in [9.17, 15) is 4.79 Å². The number of aromatic nitrogens is 1. The number of benzene rings is 1. The smallest absolute Gasteiger partial charge is 0.265 e. The first-order chi connectivity index (χ1) is 10.5. The second-order valence-electron chi connectivity index (χ2n) is 5.24. The van der Waals surface area contributed by atoms with Crippen molar-refractivity contribution in [2.24, 2.45) is 0 Å². The van der Waals surface area contributed by atoms with E-state index in [-0.39, 0.29) is 5.91 Å². The van der Waals surface area contributed by atoms with E-state index in [2.05, 4.69) is 36.6 Å². The highest BCUT2D eigenvalue weighted by Crippen LogP contribution is 2.33. The molecule has 3 rings (SSSR count). The monoisotopic (exact) mass is 328 g/mol. The number of hydrogen-bond acceptors (Lipinski definition) is 3. The molecule has 3 nitrogen and oxygen atoms in total. The highest BCUT2D eigenvalue weighted by atomic mass is 32.2. The van der Waals surface area contributed by atoms with Crippen LogP contribution in [0, 0.1) is 13.8 Å². The highest BCUT2D eigenvalue weighted by molar-refractivity contribution is 8.26. The summed E-state index contributed by atoms with van der Waals surface area (Å²) in [5, 5.41) is 0. The van der Waals surface area contributed by atoms with Crippen LogP contribution in [0.1, 0.15) is 17.0 Å². The number of carbonyl (C=O) groups excluding carboxylic acids is 1. The van der Waals surface area contributed by atoms with Gasteiger partial charge in [-0.05, 0) is 43.7 Å². The van der Waals surface area contributed by atoms with Crippen molar-refractivity contribution in [3.63, 3.8) is 0 Å². The number of thioether (sulfide) groups is 1. The van der Waals surface area contributed by atoms with Gasteiger partial charge in [-0.2, -0.15) is 0 Å². The summed E-state index contributed by atoms with van der Waals surface area (Å²) in [7, 11) is 1.71. The van der Waals surface area contributed by atoms with Crippen LogP contribution in [0.25, 0.3) is 11.8 Å². The third-order valence-corrected chi connectivity index (χ3v) is 5.24. The molecule has 2 aromatic rings. The number of likely N-dealkylation sites (N-methyl/N-ethyl adjacent to an activating group) is 1. The number of thiocarbonyl (C=S) groups is 1. The predicted octanol–water partition coefficient (Wildman–Crippen LogP) is 3.93. The van der Waals surface area contributed by atoms with Gasteiger partial charge in [0.25, 0.3) is 5.91 Å². The Morgan fingerprint density at radius 2 is 1.86 bits per heavy atom. The Labute approximate surface area is 139 Å². The largest absolute Gasteiger partial charge is 0.318 e. The zero-order valence-electron chi connectivity index (χ0n) is 12.7. The molecule has 22 heavy (non-hydrogen) atoms. The van der Waals surface area contributed by atoms with Gasteiger partial charge in [-0.25, -0.2) is 0 Å². The first-order valence-electron chi connectivity index (χ1n) is 6.95. The van der Waals surface area contributed by atoms with Crippen LogP contribution in [0.2, 0.25) is 0 Å². The molecule has 1 fully saturated rings. The fraction of sp³-hybridized carbons (Fsp3) is 0.176. The third kappa shape index (κ3) is 2.51. The molecule has 0 unspecified atom stereocenters. The third-order valence-electron chi connectivity index (χ3n) is 3.76. The number of nitrogens with zero attached hydrogens (tertiary/aromatic N) is 2. The molecule has 0 atom stereocenters. The predicted molar refractivity (Wildman–Crippen MR) is 96.2 cm³/mol. The van der Waals surface area contributed by atoms with Gasteiger partial charge >= 0.3 is 0 Å². The van der Waals surface area contributed by atoms with Gasteiger partial charge in [0.15, 0.2) is 0 Å². The average Bonchev–Trinajstić information content (AvgIpc) is 2.92. The highest BCUT2D eigenvalue weighted by Gasteiger charge is 2.29. The first-order valence-corrected chi connectivity index (χ1v) is 8.17. The number of carbonyl (C=O) groups is 1. The molecule has 2 heterocycles. The molecule has 0 bridgehead atoms. The summed E-state index contributed by atoms with van der Waals surface area (Å²) in [5.74, 6) is -0.0282. The summed E-state index contributed by atoms with van der Waals surface area (Å²) in [5.41, 5.74) is 4.43. The van der Waals surface area contributed by atoms with Crippen LogP contribution in [-0.2, 0) is 4.79 Å². The van der Waals surface area contributed by atoms with Crippen LogP contribution in [0.3, 0.4) is 0 Å². The van der Waals surface area contributed by atoms with Crippen molar-refractivity contribution in [2.75, 3.05) is 7.05 Å². The lowest BCUT2D eigenvalue weighted by atomic mass is 10.2. The lowest BCUT2D eigenvalue weighted by Crippen LogP contribution is -2.22. The van der Waals surface area contributed by atoms with E-state index in [1.54, 1.807) is 7.05 Å². The maximum atomic E-state index is 12.1. The Morgan fingerprint density at radius 1 is 1.18 bits per heavy atom. The van der Waals surface area contributed by atoms with Crippen molar-refractivity contribution in [3.05, 3.63) is 58.3 Å². The zero-order valence-corrected chi connectivity index (χ0v) is 14.3. The summed E-state index contributed by atoms with van der Waals surface area (Å²) in [6, 6.07) is 12.3. The van der Waals surface area contributed by atoms with Gasteiger partial charge in [-0.15, -0.1) is 0 Å². The Bertz CT molecular complexity index is 790. The molecule has 1 saturated heterocycles. The fourth-order valence-corrected chi connectivity index (χ4v) is 3.77. The van der Waals surface area contributed by atoms with Crippen molar-refractivity contribution < 1.29 is 4.79 Å². The van der Waals surface area contributed by atoms with E-state index >= 15 is 0 Å². The van der Waals surface area contributed by atoms with Crippen LogP contribution >= 0.6 is 24.0 Å². The number of amides is 1. The van der Waals surface area contributed by atoms with Crippen molar-refractivity contribution in [2.45, 2.75) is 13.8 Å². The number of aryl methyl sites for hydroxylation is 1. The minimum Gasteiger partial charge on any atom is -0.318 e. The summed E-state index contributed by atoms with van der Waals surface area (Å²) >= 11 is 6.53. The standard InChI is InChI=1S/C17H16N2OS2/c1-11-9-13(10-15-16(20)18(3)17(21)22-15)12(2)19(11)14-7-5-4-6-8-14/h4-10H,1-3H3/b15-10+. The molecule has 0 spiro atoms. The van der Waals surface area contributed by atoms with Crippen LogP contribution in [0.4, 0.5) is 0 Å². The van der Waals surface area contributed by atoms with Crippen LogP contribution in [0.5, 0.6) is 0 Å². The molecule has 0 saturated carbocycles. The van der Waals surface area contributed by atoms with E-state index in [1.807, 2.05) is 24.3 Å². The Morgan fingerprint density at radius 3 is 2.45 bits per heavy atom. The van der Waals surface area contributed by atoms with Crippen LogP contribution in [0.15, 0.2) is 41.3 Å². The molecule has 5 heteroatoms. The lowest BCUT2D eigenvalue weighted by molar-refractivity contribution is -0.121. The molecule has 1 aromatic carbocycles. The second-order valence-corrected chi connectivity index (χ2v) is 6.91. The van der Waals surface area contributed by atoms with E-state index in [0.29, 0.717) is 9.23 Å². The first kappa shape index (κ1) is 15.1. The van der Waals surface area contributed by atoms with Crippen molar-refractivity contribution >= 4 is 40.3 Å². The van der Waals surface area contributed by atoms with Gasteiger partial charge in [0.1, 0.15) is 4.32 Å². The number of para-hydroxylation sites is 1.